The van der Waals surface area contributed by atoms with E-state index in [9.17, 15) is 0 Å². The smallest absolute Gasteiger partial charge is 0.147 e. The first-order valence-corrected chi connectivity index (χ1v) is 5.65. The Balaban J connectivity index is 2.21. The second-order valence-corrected chi connectivity index (χ2v) is 4.31. The van der Waals surface area contributed by atoms with Crippen molar-refractivity contribution in [1.29, 1.82) is 5.26 Å². The highest BCUT2D eigenvalue weighted by molar-refractivity contribution is 6.33. The van der Waals surface area contributed by atoms with Gasteiger partial charge in [0.15, 0.2) is 0 Å². The Morgan fingerprint density at radius 1 is 1.62 bits per heavy atom. The number of aromatic nitrogens is 1. The molecule has 1 aromatic rings. The second kappa shape index (κ2) is 4.58. The van der Waals surface area contributed by atoms with E-state index in [4.69, 9.17) is 22.6 Å². The molecular formula is C11H13ClN4. The molecule has 0 atom stereocenters. The molecular weight excluding hydrogens is 224 g/mol. The molecule has 4 nitrogen and oxygen atoms in total. The highest BCUT2D eigenvalue weighted by Gasteiger charge is 2.30. The fourth-order valence-corrected chi connectivity index (χ4v) is 1.96. The summed E-state index contributed by atoms with van der Waals surface area (Å²) < 4.78 is 0. The van der Waals surface area contributed by atoms with Gasteiger partial charge in [-0.3, -0.25) is 0 Å². The van der Waals surface area contributed by atoms with E-state index in [2.05, 4.69) is 16.0 Å². The van der Waals surface area contributed by atoms with Crippen molar-refractivity contribution in [2.45, 2.75) is 25.3 Å². The summed E-state index contributed by atoms with van der Waals surface area (Å²) in [5, 5.41) is 9.19. The van der Waals surface area contributed by atoms with E-state index < -0.39 is 0 Å². The van der Waals surface area contributed by atoms with Gasteiger partial charge < -0.3 is 10.6 Å². The van der Waals surface area contributed by atoms with Crippen molar-refractivity contribution in [3.8, 4) is 6.07 Å². The zero-order valence-electron chi connectivity index (χ0n) is 8.86. The molecule has 2 rings (SSSR count). The van der Waals surface area contributed by atoms with E-state index in [-0.39, 0.29) is 0 Å². The number of nitrogen functional groups attached to an aromatic ring is 1. The molecule has 0 amide bonds. The van der Waals surface area contributed by atoms with E-state index in [1.165, 1.54) is 0 Å². The van der Waals surface area contributed by atoms with Gasteiger partial charge in [-0.15, -0.1) is 0 Å². The molecule has 5 heteroatoms. The van der Waals surface area contributed by atoms with Crippen LogP contribution >= 0.6 is 11.6 Å². The average molecular weight is 237 g/mol. The number of hydrogen-bond acceptors (Lipinski definition) is 4. The van der Waals surface area contributed by atoms with Crippen LogP contribution in [0.2, 0.25) is 5.02 Å². The monoisotopic (exact) mass is 236 g/mol. The molecule has 16 heavy (non-hydrogen) atoms. The normalized spacial score (nSPS) is 14.5. The fraction of sp³-hybridized carbons (Fsp3) is 0.455. The molecule has 0 aliphatic heterocycles. The van der Waals surface area contributed by atoms with Crippen molar-refractivity contribution in [2.75, 3.05) is 17.2 Å². The van der Waals surface area contributed by atoms with Crippen molar-refractivity contribution in [1.82, 2.24) is 4.98 Å². The Morgan fingerprint density at radius 3 is 2.94 bits per heavy atom. The van der Waals surface area contributed by atoms with E-state index in [0.29, 0.717) is 29.7 Å². The lowest BCUT2D eigenvalue weighted by Crippen LogP contribution is -2.27. The summed E-state index contributed by atoms with van der Waals surface area (Å²) in [7, 11) is 0. The highest BCUT2D eigenvalue weighted by atomic mass is 35.5. The summed E-state index contributed by atoms with van der Waals surface area (Å²) in [5.74, 6) is 0.744. The van der Waals surface area contributed by atoms with E-state index in [1.54, 1.807) is 12.3 Å². The third-order valence-corrected chi connectivity index (χ3v) is 2.85. The molecule has 2 N–H and O–H groups in total. The maximum atomic E-state index is 8.63. The summed E-state index contributed by atoms with van der Waals surface area (Å²) in [5.41, 5.74) is 6.16. The van der Waals surface area contributed by atoms with Crippen LogP contribution < -0.4 is 10.6 Å². The number of nitrogens with two attached hydrogens (primary N) is 1. The van der Waals surface area contributed by atoms with Gasteiger partial charge in [0, 0.05) is 12.6 Å². The number of nitriles is 1. The number of nitrogens with zero attached hydrogens (tertiary/aromatic N) is 3. The molecule has 1 aliphatic carbocycles. The zero-order chi connectivity index (χ0) is 11.5. The molecule has 0 saturated heterocycles. The van der Waals surface area contributed by atoms with Crippen LogP contribution in [0.4, 0.5) is 11.5 Å². The van der Waals surface area contributed by atoms with Crippen molar-refractivity contribution < 1.29 is 0 Å². The molecule has 0 bridgehead atoms. The van der Waals surface area contributed by atoms with Crippen molar-refractivity contribution >= 4 is 23.1 Å². The second-order valence-electron chi connectivity index (χ2n) is 3.91. The van der Waals surface area contributed by atoms with Crippen LogP contribution in [0.3, 0.4) is 0 Å². The molecule has 0 aromatic carbocycles. The number of rotatable bonds is 4. The van der Waals surface area contributed by atoms with Gasteiger partial charge in [-0.25, -0.2) is 4.98 Å². The number of halogens is 1. The number of hydrogen-bond donors (Lipinski definition) is 1. The van der Waals surface area contributed by atoms with Crippen LogP contribution in [-0.4, -0.2) is 17.6 Å². The lowest BCUT2D eigenvalue weighted by Gasteiger charge is -2.23. The zero-order valence-corrected chi connectivity index (χ0v) is 9.61. The summed E-state index contributed by atoms with van der Waals surface area (Å²) >= 11 is 6.11. The number of pyridine rings is 1. The molecule has 1 saturated carbocycles. The Morgan fingerprint density at radius 2 is 2.38 bits per heavy atom. The van der Waals surface area contributed by atoms with Gasteiger partial charge in [0.05, 0.1) is 29.4 Å². The van der Waals surface area contributed by atoms with Crippen molar-refractivity contribution in [2.24, 2.45) is 0 Å². The summed E-state index contributed by atoms with van der Waals surface area (Å²) in [6.07, 6.45) is 4.38. The molecule has 0 unspecified atom stereocenters. The molecule has 1 aromatic heterocycles. The Bertz CT molecular complexity index is 422. The van der Waals surface area contributed by atoms with Gasteiger partial charge in [-0.1, -0.05) is 11.6 Å². The summed E-state index contributed by atoms with van der Waals surface area (Å²) in [6.45, 7) is 0.678. The third kappa shape index (κ3) is 2.37. The topological polar surface area (TPSA) is 65.9 Å². The quantitative estimate of drug-likeness (QED) is 0.871. The minimum atomic E-state index is 0.485. The molecule has 0 spiro atoms. The van der Waals surface area contributed by atoms with Gasteiger partial charge in [0.25, 0.3) is 0 Å². The highest BCUT2D eigenvalue weighted by Crippen LogP contribution is 2.34. The van der Waals surface area contributed by atoms with Gasteiger partial charge in [0.1, 0.15) is 5.82 Å². The minimum absolute atomic E-state index is 0.485. The largest absolute Gasteiger partial charge is 0.397 e. The average Bonchev–Trinajstić information content (AvgIpc) is 3.05. The Hall–Kier alpha value is -1.47. The SMILES string of the molecule is N#CCCN(c1ncc(N)cc1Cl)C1CC1. The van der Waals surface area contributed by atoms with Crippen LogP contribution in [-0.2, 0) is 0 Å². The Kier molecular flexibility index (Phi) is 3.16. The van der Waals surface area contributed by atoms with Crippen LogP contribution in [0, 0.1) is 11.3 Å². The molecule has 0 radical (unpaired) electrons. The lowest BCUT2D eigenvalue weighted by atomic mass is 10.3. The predicted molar refractivity (Wildman–Crippen MR) is 64.3 cm³/mol. The summed E-state index contributed by atoms with van der Waals surface area (Å²) in [4.78, 5) is 6.35. The summed E-state index contributed by atoms with van der Waals surface area (Å²) in [6, 6.07) is 4.33. The van der Waals surface area contributed by atoms with E-state index in [1.807, 2.05) is 0 Å². The maximum absolute atomic E-state index is 8.63. The van der Waals surface area contributed by atoms with Crippen molar-refractivity contribution in [3.05, 3.63) is 17.3 Å². The molecule has 1 fully saturated rings. The first kappa shape index (κ1) is 11.0. The maximum Gasteiger partial charge on any atom is 0.147 e. The minimum Gasteiger partial charge on any atom is -0.397 e. The first-order valence-electron chi connectivity index (χ1n) is 5.27. The van der Waals surface area contributed by atoms with Crippen molar-refractivity contribution in [3.63, 3.8) is 0 Å². The molecule has 1 heterocycles. The van der Waals surface area contributed by atoms with Crippen LogP contribution in [0.5, 0.6) is 0 Å². The van der Waals surface area contributed by atoms with Crippen LogP contribution in [0.15, 0.2) is 12.3 Å². The van der Waals surface area contributed by atoms with Gasteiger partial charge in [-0.05, 0) is 18.9 Å². The van der Waals surface area contributed by atoms with Gasteiger partial charge >= 0.3 is 0 Å². The molecule has 1 aliphatic rings. The Labute approximate surface area is 99.6 Å². The third-order valence-electron chi connectivity index (χ3n) is 2.57. The standard InChI is InChI=1S/C11H13ClN4/c12-10-6-8(14)7-15-11(10)16(5-1-4-13)9-2-3-9/h6-7,9H,1-3,5,14H2. The van der Waals surface area contributed by atoms with Crippen LogP contribution in [0.1, 0.15) is 19.3 Å². The van der Waals surface area contributed by atoms with Gasteiger partial charge in [0.2, 0.25) is 0 Å². The van der Waals surface area contributed by atoms with Gasteiger partial charge in [-0.2, -0.15) is 5.26 Å². The van der Waals surface area contributed by atoms with E-state index >= 15 is 0 Å². The fourth-order valence-electron chi connectivity index (χ4n) is 1.67. The van der Waals surface area contributed by atoms with Crippen LogP contribution in [0.25, 0.3) is 0 Å². The predicted octanol–water partition coefficient (Wildman–Crippen LogP) is 2.20. The first-order chi connectivity index (χ1) is 7.72. The van der Waals surface area contributed by atoms with E-state index in [0.717, 1.165) is 18.7 Å². The number of anilines is 2. The lowest BCUT2D eigenvalue weighted by molar-refractivity contribution is 0.778. The molecule has 84 valence electrons.